The van der Waals surface area contributed by atoms with Crippen molar-refractivity contribution in [3.8, 4) is 5.75 Å². The number of carbonyl (C=O) groups excluding carboxylic acids is 2. The van der Waals surface area contributed by atoms with Gasteiger partial charge in [-0.25, -0.2) is 4.98 Å². The van der Waals surface area contributed by atoms with E-state index in [1.807, 2.05) is 0 Å². The van der Waals surface area contributed by atoms with Crippen molar-refractivity contribution in [2.24, 2.45) is 5.73 Å². The molecular weight excluding hydrogens is 378 g/mol. The lowest BCUT2D eigenvalue weighted by atomic mass is 10.1. The predicted molar refractivity (Wildman–Crippen MR) is 101 cm³/mol. The zero-order valence-electron chi connectivity index (χ0n) is 15.8. The molecule has 0 bridgehead atoms. The molecule has 1 aliphatic carbocycles. The van der Waals surface area contributed by atoms with Crippen LogP contribution in [-0.2, 0) is 11.4 Å². The van der Waals surface area contributed by atoms with Gasteiger partial charge in [0.2, 0.25) is 5.91 Å². The molecule has 4 rings (SSSR count). The molecule has 1 fully saturated rings. The Morgan fingerprint density at radius 1 is 1.38 bits per heavy atom. The number of furan rings is 1. The van der Waals surface area contributed by atoms with Gasteiger partial charge in [0.15, 0.2) is 11.7 Å². The topological polar surface area (TPSA) is 141 Å². The summed E-state index contributed by atoms with van der Waals surface area (Å²) in [6.45, 7) is 1.35. The van der Waals surface area contributed by atoms with Gasteiger partial charge in [0.05, 0.1) is 18.4 Å². The Bertz CT molecular complexity index is 1070. The van der Waals surface area contributed by atoms with Crippen LogP contribution >= 0.6 is 0 Å². The summed E-state index contributed by atoms with van der Waals surface area (Å²) in [5, 5.41) is 12.3. The molecule has 0 saturated heterocycles. The molecule has 152 valence electrons. The molecule has 0 radical (unpaired) electrons. The summed E-state index contributed by atoms with van der Waals surface area (Å²) < 4.78 is 17.1. The number of hydrogen-bond donors (Lipinski definition) is 3. The lowest BCUT2D eigenvalue weighted by Gasteiger charge is -2.12. The van der Waals surface area contributed by atoms with Crippen LogP contribution in [0.1, 0.15) is 46.5 Å². The van der Waals surface area contributed by atoms with Gasteiger partial charge in [-0.3, -0.25) is 9.59 Å². The molecule has 4 N–H and O–H groups in total. The highest BCUT2D eigenvalue weighted by Crippen LogP contribution is 2.45. The number of aliphatic hydroxyl groups excluding tert-OH is 1. The van der Waals surface area contributed by atoms with Crippen LogP contribution in [0.3, 0.4) is 0 Å². The van der Waals surface area contributed by atoms with Crippen molar-refractivity contribution in [1.29, 1.82) is 0 Å². The summed E-state index contributed by atoms with van der Waals surface area (Å²) in [6.07, 6.45) is 3.44. The number of aryl methyl sites for hydroxylation is 1. The van der Waals surface area contributed by atoms with E-state index < -0.39 is 24.5 Å². The van der Waals surface area contributed by atoms with Crippen LogP contribution in [0.5, 0.6) is 5.75 Å². The van der Waals surface area contributed by atoms with E-state index >= 15 is 0 Å². The maximum absolute atomic E-state index is 12.9. The average molecular weight is 399 g/mol. The summed E-state index contributed by atoms with van der Waals surface area (Å²) in [4.78, 5) is 28.3. The molecule has 3 aromatic rings. The predicted octanol–water partition coefficient (Wildman–Crippen LogP) is 1.76. The highest BCUT2D eigenvalue weighted by Gasteiger charge is 2.34. The Hall–Kier alpha value is -3.33. The minimum absolute atomic E-state index is 0.158. The van der Waals surface area contributed by atoms with Gasteiger partial charge < -0.3 is 29.7 Å². The fourth-order valence-electron chi connectivity index (χ4n) is 3.12. The molecule has 9 nitrogen and oxygen atoms in total. The smallest absolute Gasteiger partial charge is 0.256 e. The number of carbonyl (C=O) groups is 2. The third-order valence-corrected chi connectivity index (χ3v) is 4.74. The van der Waals surface area contributed by atoms with E-state index in [0.717, 1.165) is 12.8 Å². The Morgan fingerprint density at radius 2 is 2.17 bits per heavy atom. The minimum atomic E-state index is -1.17. The van der Waals surface area contributed by atoms with Crippen LogP contribution in [0.25, 0.3) is 11.0 Å². The number of hydrogen-bond acceptors (Lipinski definition) is 7. The van der Waals surface area contributed by atoms with Crippen LogP contribution < -0.4 is 15.8 Å². The van der Waals surface area contributed by atoms with Crippen molar-refractivity contribution < 1.29 is 28.3 Å². The zero-order valence-corrected chi connectivity index (χ0v) is 15.8. The number of benzene rings is 1. The first-order valence-corrected chi connectivity index (χ1v) is 9.28. The number of primary amides is 1. The number of nitrogens with zero attached hydrogens (tertiary/aromatic N) is 1. The summed E-state index contributed by atoms with van der Waals surface area (Å²) in [5.74, 6) is 1.05. The van der Waals surface area contributed by atoms with E-state index in [9.17, 15) is 14.7 Å². The van der Waals surface area contributed by atoms with Gasteiger partial charge in [-0.05, 0) is 31.0 Å². The third kappa shape index (κ3) is 3.95. The molecule has 1 aliphatic rings. The minimum Gasteiger partial charge on any atom is -0.486 e. The molecule has 1 atom stereocenters. The molecule has 9 heteroatoms. The number of nitrogens with two attached hydrogens (primary N) is 1. The number of aromatic nitrogens is 1. The summed E-state index contributed by atoms with van der Waals surface area (Å²) in [7, 11) is 0. The Balaban J connectivity index is 1.64. The highest BCUT2D eigenvalue weighted by molar-refractivity contribution is 6.09. The molecular formula is C20H21N3O6. The van der Waals surface area contributed by atoms with E-state index in [0.29, 0.717) is 39.7 Å². The summed E-state index contributed by atoms with van der Waals surface area (Å²) >= 11 is 0. The van der Waals surface area contributed by atoms with E-state index in [4.69, 9.17) is 19.3 Å². The second-order valence-corrected chi connectivity index (χ2v) is 7.02. The maximum atomic E-state index is 12.9. The summed E-state index contributed by atoms with van der Waals surface area (Å²) in [5.41, 5.74) is 6.10. The maximum Gasteiger partial charge on any atom is 0.256 e. The van der Waals surface area contributed by atoms with Crippen LogP contribution in [-0.4, -0.2) is 34.6 Å². The number of rotatable bonds is 8. The quantitative estimate of drug-likeness (QED) is 0.524. The zero-order chi connectivity index (χ0) is 20.5. The fourth-order valence-corrected chi connectivity index (χ4v) is 3.12. The normalized spacial score (nSPS) is 14.7. The second-order valence-electron chi connectivity index (χ2n) is 7.02. The van der Waals surface area contributed by atoms with Gasteiger partial charge in [0, 0.05) is 18.2 Å². The van der Waals surface area contributed by atoms with Gasteiger partial charge in [0.25, 0.3) is 5.91 Å². The Kier molecular flexibility index (Phi) is 4.98. The number of amides is 2. The van der Waals surface area contributed by atoms with Crippen LogP contribution in [0, 0.1) is 6.92 Å². The molecule has 2 heterocycles. The van der Waals surface area contributed by atoms with Gasteiger partial charge in [-0.15, -0.1) is 0 Å². The lowest BCUT2D eigenvalue weighted by molar-refractivity contribution is -0.120. The van der Waals surface area contributed by atoms with Gasteiger partial charge >= 0.3 is 0 Å². The average Bonchev–Trinajstić information content (AvgIpc) is 3.35. The molecule has 0 spiro atoms. The number of nitrogens with one attached hydrogen (secondary N) is 1. The molecule has 2 amide bonds. The monoisotopic (exact) mass is 399 g/mol. The van der Waals surface area contributed by atoms with E-state index in [2.05, 4.69) is 10.3 Å². The largest absolute Gasteiger partial charge is 0.486 e. The number of aliphatic hydroxyl groups is 1. The molecule has 1 saturated carbocycles. The van der Waals surface area contributed by atoms with Crippen LogP contribution in [0.2, 0.25) is 0 Å². The van der Waals surface area contributed by atoms with E-state index in [1.54, 1.807) is 31.3 Å². The first kappa shape index (κ1) is 19.0. The van der Waals surface area contributed by atoms with Crippen molar-refractivity contribution in [3.05, 3.63) is 47.4 Å². The fraction of sp³-hybridized carbons (Fsp3) is 0.350. The molecule has 1 unspecified atom stereocenters. The van der Waals surface area contributed by atoms with Crippen LogP contribution in [0.4, 0.5) is 0 Å². The molecule has 29 heavy (non-hydrogen) atoms. The third-order valence-electron chi connectivity index (χ3n) is 4.74. The number of oxazole rings is 1. The second kappa shape index (κ2) is 7.59. The van der Waals surface area contributed by atoms with E-state index in [1.165, 1.54) is 0 Å². The Morgan fingerprint density at radius 3 is 2.79 bits per heavy atom. The number of fused-ring (bicyclic) bond motifs is 1. The van der Waals surface area contributed by atoms with Crippen molar-refractivity contribution >= 4 is 22.8 Å². The Labute approximate surface area is 165 Å². The number of ether oxygens (including phenoxy) is 1. The van der Waals surface area contributed by atoms with Gasteiger partial charge in [0.1, 0.15) is 29.7 Å². The van der Waals surface area contributed by atoms with Crippen molar-refractivity contribution in [2.75, 3.05) is 6.61 Å². The van der Waals surface area contributed by atoms with Gasteiger partial charge in [-0.2, -0.15) is 0 Å². The first-order chi connectivity index (χ1) is 14.0. The highest BCUT2D eigenvalue weighted by atomic mass is 16.5. The van der Waals surface area contributed by atoms with Crippen LogP contribution in [0.15, 0.2) is 33.2 Å². The molecule has 2 aromatic heterocycles. The van der Waals surface area contributed by atoms with Crippen molar-refractivity contribution in [3.63, 3.8) is 0 Å². The van der Waals surface area contributed by atoms with Crippen molar-refractivity contribution in [1.82, 2.24) is 10.3 Å². The van der Waals surface area contributed by atoms with Crippen molar-refractivity contribution in [2.45, 2.75) is 38.3 Å². The van der Waals surface area contributed by atoms with Gasteiger partial charge in [-0.1, -0.05) is 0 Å². The van der Waals surface area contributed by atoms with E-state index in [-0.39, 0.29) is 12.5 Å². The summed E-state index contributed by atoms with van der Waals surface area (Å²) in [6, 6.07) is 4.01. The first-order valence-electron chi connectivity index (χ1n) is 9.28. The lowest BCUT2D eigenvalue weighted by Crippen LogP contribution is -2.46. The molecule has 1 aromatic carbocycles. The SMILES string of the molecule is Cc1ncc(COc2ccc3oc(C4CC4)c(C(=O)NC(CO)C(N)=O)c3c2)o1. The standard InChI is InChI=1S/C20H21N3O6/c1-10-22-7-13(28-10)9-27-12-4-5-16-14(6-12)17(18(29-16)11-2-3-11)20(26)23-15(8-24)19(21)25/h4-7,11,15,24H,2-3,8-9H2,1H3,(H2,21,25)(H,23,26). The molecule has 0 aliphatic heterocycles.